The smallest absolute Gasteiger partial charge is 0.237 e. The van der Waals surface area contributed by atoms with E-state index in [1.54, 1.807) is 11.8 Å². The third-order valence-electron chi connectivity index (χ3n) is 3.12. The monoisotopic (exact) mass is 296 g/mol. The molecule has 1 amide bonds. The minimum atomic E-state index is -0.626. The van der Waals surface area contributed by atoms with E-state index < -0.39 is 5.54 Å². The lowest BCUT2D eigenvalue weighted by Gasteiger charge is -2.26. The zero-order chi connectivity index (χ0) is 15.2. The summed E-state index contributed by atoms with van der Waals surface area (Å²) in [7, 11) is 0. The molecular formula is C14H24N4OS. The molecule has 1 rings (SSSR count). The van der Waals surface area contributed by atoms with E-state index in [1.807, 2.05) is 33.8 Å². The van der Waals surface area contributed by atoms with Gasteiger partial charge in [0.25, 0.3) is 0 Å². The second-order valence-corrected chi connectivity index (χ2v) is 6.17. The quantitative estimate of drug-likeness (QED) is 0.434. The number of carbonyl (C=O) groups excluding carboxylic acids is 1. The number of thioether (sulfide) groups is 1. The van der Waals surface area contributed by atoms with Crippen molar-refractivity contribution in [3.05, 3.63) is 17.5 Å². The third-order valence-corrected chi connectivity index (χ3v) is 4.06. The van der Waals surface area contributed by atoms with Crippen molar-refractivity contribution in [3.8, 4) is 0 Å². The Morgan fingerprint density at radius 2 is 2.00 bits per heavy atom. The topological polar surface area (TPSA) is 80.9 Å². The molecule has 0 aliphatic rings. The van der Waals surface area contributed by atoms with Gasteiger partial charge in [0.1, 0.15) is 0 Å². The first kappa shape index (κ1) is 16.9. The van der Waals surface area contributed by atoms with Gasteiger partial charge in [0, 0.05) is 17.1 Å². The fourth-order valence-electron chi connectivity index (χ4n) is 2.04. The number of hydrogen-bond acceptors (Lipinski definition) is 5. The molecule has 0 fully saturated rings. The summed E-state index contributed by atoms with van der Waals surface area (Å²) in [6.45, 7) is 8.49. The Morgan fingerprint density at radius 1 is 1.40 bits per heavy atom. The van der Waals surface area contributed by atoms with Crippen LogP contribution in [0.1, 0.15) is 38.1 Å². The van der Waals surface area contributed by atoms with Gasteiger partial charge in [-0.2, -0.15) is 0 Å². The minimum absolute atomic E-state index is 0.299. The highest BCUT2D eigenvalue weighted by Crippen LogP contribution is 2.19. The number of rotatable bonds is 8. The lowest BCUT2D eigenvalue weighted by atomic mass is 9.95. The summed E-state index contributed by atoms with van der Waals surface area (Å²) in [5, 5.41) is 3.96. The molecule has 20 heavy (non-hydrogen) atoms. The largest absolute Gasteiger partial charge is 0.368 e. The molecule has 0 radical (unpaired) electrons. The summed E-state index contributed by atoms with van der Waals surface area (Å²) in [6.07, 6.45) is 1.60. The van der Waals surface area contributed by atoms with Gasteiger partial charge in [0.2, 0.25) is 5.91 Å². The third kappa shape index (κ3) is 5.09. The summed E-state index contributed by atoms with van der Waals surface area (Å²) < 4.78 is 0. The zero-order valence-electron chi connectivity index (χ0n) is 12.7. The van der Waals surface area contributed by atoms with Crippen molar-refractivity contribution in [1.29, 1.82) is 0 Å². The molecule has 1 heterocycles. The first-order chi connectivity index (χ1) is 9.37. The van der Waals surface area contributed by atoms with Gasteiger partial charge < -0.3 is 11.1 Å². The molecule has 6 heteroatoms. The predicted molar refractivity (Wildman–Crippen MR) is 82.7 cm³/mol. The molecule has 0 bridgehead atoms. The van der Waals surface area contributed by atoms with Crippen LogP contribution in [0.3, 0.4) is 0 Å². The van der Waals surface area contributed by atoms with Gasteiger partial charge in [0.05, 0.1) is 5.54 Å². The summed E-state index contributed by atoms with van der Waals surface area (Å²) in [5.74, 6) is 0.573. The van der Waals surface area contributed by atoms with Crippen LogP contribution in [0.4, 0.5) is 0 Å². The molecule has 1 atom stereocenters. The Bertz CT molecular complexity index is 446. The van der Waals surface area contributed by atoms with Crippen molar-refractivity contribution in [2.24, 2.45) is 5.73 Å². The van der Waals surface area contributed by atoms with Gasteiger partial charge in [-0.1, -0.05) is 18.7 Å². The van der Waals surface area contributed by atoms with Gasteiger partial charge in [-0.05, 0) is 46.2 Å². The van der Waals surface area contributed by atoms with E-state index >= 15 is 0 Å². The van der Waals surface area contributed by atoms with E-state index in [9.17, 15) is 4.79 Å². The number of hydrogen-bond donors (Lipinski definition) is 2. The van der Waals surface area contributed by atoms with Crippen LogP contribution in [0.25, 0.3) is 0 Å². The van der Waals surface area contributed by atoms with Crippen molar-refractivity contribution < 1.29 is 4.79 Å². The van der Waals surface area contributed by atoms with E-state index in [0.29, 0.717) is 6.42 Å². The van der Waals surface area contributed by atoms with Crippen molar-refractivity contribution in [2.45, 2.75) is 51.2 Å². The molecule has 3 N–H and O–H groups in total. The first-order valence-electron chi connectivity index (χ1n) is 6.87. The maximum Gasteiger partial charge on any atom is 0.237 e. The van der Waals surface area contributed by atoms with Crippen LogP contribution in [0.2, 0.25) is 0 Å². The summed E-state index contributed by atoms with van der Waals surface area (Å²) in [6, 6.07) is 1.96. The predicted octanol–water partition coefficient (Wildman–Crippen LogP) is 1.82. The lowest BCUT2D eigenvalue weighted by molar-refractivity contribution is -0.124. The average molecular weight is 296 g/mol. The maximum atomic E-state index is 11.5. The van der Waals surface area contributed by atoms with E-state index in [2.05, 4.69) is 15.3 Å². The van der Waals surface area contributed by atoms with Crippen LogP contribution in [-0.4, -0.2) is 33.7 Å². The van der Waals surface area contributed by atoms with Gasteiger partial charge in [-0.3, -0.25) is 4.79 Å². The van der Waals surface area contributed by atoms with E-state index in [1.165, 1.54) is 0 Å². The maximum absolute atomic E-state index is 11.5. The number of nitrogens with one attached hydrogen (secondary N) is 1. The number of amides is 1. The Balaban J connectivity index is 2.46. The fourth-order valence-corrected chi connectivity index (χ4v) is 2.92. The van der Waals surface area contributed by atoms with Crippen LogP contribution in [-0.2, 0) is 4.79 Å². The highest BCUT2D eigenvalue weighted by molar-refractivity contribution is 7.99. The second-order valence-electron chi connectivity index (χ2n) is 5.11. The molecule has 0 aliphatic carbocycles. The van der Waals surface area contributed by atoms with E-state index in [-0.39, 0.29) is 5.91 Å². The molecule has 0 saturated carbocycles. The van der Waals surface area contributed by atoms with Crippen LogP contribution in [0.5, 0.6) is 0 Å². The second kappa shape index (κ2) is 7.59. The SMILES string of the molecule is CCNC(C)(CCCSc1nc(C)cc(C)n1)C(N)=O. The van der Waals surface area contributed by atoms with Crippen LogP contribution < -0.4 is 11.1 Å². The highest BCUT2D eigenvalue weighted by Gasteiger charge is 2.28. The van der Waals surface area contributed by atoms with Crippen molar-refractivity contribution >= 4 is 17.7 Å². The van der Waals surface area contributed by atoms with Gasteiger partial charge >= 0.3 is 0 Å². The van der Waals surface area contributed by atoms with Crippen molar-refractivity contribution in [1.82, 2.24) is 15.3 Å². The lowest BCUT2D eigenvalue weighted by Crippen LogP contribution is -2.53. The van der Waals surface area contributed by atoms with Crippen molar-refractivity contribution in [3.63, 3.8) is 0 Å². The average Bonchev–Trinajstić information content (AvgIpc) is 2.33. The Morgan fingerprint density at radius 3 is 2.50 bits per heavy atom. The van der Waals surface area contributed by atoms with E-state index in [4.69, 9.17) is 5.73 Å². The molecule has 0 saturated heterocycles. The number of aromatic nitrogens is 2. The van der Waals surface area contributed by atoms with Crippen LogP contribution >= 0.6 is 11.8 Å². The number of nitrogens with two attached hydrogens (primary N) is 1. The highest BCUT2D eigenvalue weighted by atomic mass is 32.2. The van der Waals surface area contributed by atoms with Crippen molar-refractivity contribution in [2.75, 3.05) is 12.3 Å². The molecule has 1 aromatic heterocycles. The van der Waals surface area contributed by atoms with Crippen LogP contribution in [0.15, 0.2) is 11.2 Å². The number of primary amides is 1. The molecular weight excluding hydrogens is 272 g/mol. The van der Waals surface area contributed by atoms with Gasteiger partial charge in [-0.15, -0.1) is 0 Å². The van der Waals surface area contributed by atoms with Gasteiger partial charge in [-0.25, -0.2) is 9.97 Å². The molecule has 0 aromatic carbocycles. The molecule has 0 aliphatic heterocycles. The number of likely N-dealkylation sites (N-methyl/N-ethyl adjacent to an activating group) is 1. The van der Waals surface area contributed by atoms with Crippen LogP contribution in [0, 0.1) is 13.8 Å². The first-order valence-corrected chi connectivity index (χ1v) is 7.86. The number of carbonyl (C=O) groups is 1. The van der Waals surface area contributed by atoms with E-state index in [0.717, 1.165) is 35.3 Å². The standard InChI is InChI=1S/C14H24N4OS/c1-5-16-14(4,12(15)19)7-6-8-20-13-17-10(2)9-11(3)18-13/h9,16H,5-8H2,1-4H3,(H2,15,19). The number of nitrogens with zero attached hydrogens (tertiary/aromatic N) is 2. The molecule has 1 unspecified atom stereocenters. The minimum Gasteiger partial charge on any atom is -0.368 e. The normalized spacial score (nSPS) is 14.0. The summed E-state index contributed by atoms with van der Waals surface area (Å²) >= 11 is 1.62. The molecule has 112 valence electrons. The molecule has 0 spiro atoms. The van der Waals surface area contributed by atoms with Gasteiger partial charge in [0.15, 0.2) is 5.16 Å². The summed E-state index contributed by atoms with van der Waals surface area (Å²) in [4.78, 5) is 20.3. The Labute approximate surface area is 125 Å². The summed E-state index contributed by atoms with van der Waals surface area (Å²) in [5.41, 5.74) is 6.79. The Kier molecular flexibility index (Phi) is 6.42. The Hall–Kier alpha value is -1.14. The zero-order valence-corrected chi connectivity index (χ0v) is 13.5. The fraction of sp³-hybridized carbons (Fsp3) is 0.643. The number of aryl methyl sites for hydroxylation is 2. The molecule has 5 nitrogen and oxygen atoms in total. The molecule has 1 aromatic rings.